The topological polar surface area (TPSA) is 95.1 Å². The molecule has 24 heavy (non-hydrogen) atoms. The molecule has 1 aromatic heterocycles. The van der Waals surface area contributed by atoms with Crippen LogP contribution in [0.15, 0.2) is 18.3 Å². The van der Waals surface area contributed by atoms with E-state index in [0.717, 1.165) is 29.3 Å². The molecule has 0 saturated heterocycles. The molecule has 130 valence electrons. The van der Waals surface area contributed by atoms with E-state index in [2.05, 4.69) is 14.9 Å². The first-order valence-electron chi connectivity index (χ1n) is 8.06. The number of nitrogens with one attached hydrogen (secondary N) is 2. The highest BCUT2D eigenvalue weighted by Crippen LogP contribution is 2.54. The largest absolute Gasteiger partial charge is 0.385 e. The lowest BCUT2D eigenvalue weighted by Crippen LogP contribution is -2.33. The average Bonchev–Trinajstić information content (AvgIpc) is 3.09. The Balaban J connectivity index is 1.60. The lowest BCUT2D eigenvalue weighted by atomic mass is 9.87. The number of halogens is 1. The minimum atomic E-state index is -3.19. The molecule has 4 atom stereocenters. The molecule has 8 heteroatoms. The zero-order chi connectivity index (χ0) is 17.1. The normalized spacial score (nSPS) is 33.2. The Labute approximate surface area is 145 Å². The number of benzene rings is 1. The SMILES string of the molecule is CS(=O)(=O)NC1C[C@@H]2C[C@@](O)(c3cc(Cl)cc4[nH]ncc34)C[C@@H]2C1. The summed E-state index contributed by atoms with van der Waals surface area (Å²) in [4.78, 5) is 0. The maximum absolute atomic E-state index is 11.4. The van der Waals surface area contributed by atoms with E-state index >= 15 is 0 Å². The van der Waals surface area contributed by atoms with Crippen molar-refractivity contribution in [2.75, 3.05) is 6.26 Å². The fourth-order valence-electron chi connectivity index (χ4n) is 4.68. The van der Waals surface area contributed by atoms with Gasteiger partial charge in [0.25, 0.3) is 0 Å². The van der Waals surface area contributed by atoms with Gasteiger partial charge in [0.05, 0.1) is 23.6 Å². The Kier molecular flexibility index (Phi) is 3.69. The van der Waals surface area contributed by atoms with Gasteiger partial charge in [0, 0.05) is 16.5 Å². The molecule has 0 amide bonds. The minimum Gasteiger partial charge on any atom is -0.385 e. The van der Waals surface area contributed by atoms with Crippen molar-refractivity contribution in [1.82, 2.24) is 14.9 Å². The van der Waals surface area contributed by atoms with Crippen molar-refractivity contribution in [3.05, 3.63) is 28.9 Å². The Morgan fingerprint density at radius 2 is 2.00 bits per heavy atom. The summed E-state index contributed by atoms with van der Waals surface area (Å²) in [6.45, 7) is 0. The summed E-state index contributed by atoms with van der Waals surface area (Å²) in [6.07, 6.45) is 5.71. The molecular weight excluding hydrogens is 350 g/mol. The third kappa shape index (κ3) is 2.83. The van der Waals surface area contributed by atoms with Crippen molar-refractivity contribution < 1.29 is 13.5 Å². The van der Waals surface area contributed by atoms with Crippen LogP contribution in [0.5, 0.6) is 0 Å². The summed E-state index contributed by atoms with van der Waals surface area (Å²) in [5.41, 5.74) is 0.707. The number of hydrogen-bond acceptors (Lipinski definition) is 4. The highest BCUT2D eigenvalue weighted by Gasteiger charge is 2.50. The second kappa shape index (κ2) is 5.42. The molecular formula is C16H20ClN3O3S. The van der Waals surface area contributed by atoms with Crippen LogP contribution in [-0.4, -0.2) is 36.0 Å². The van der Waals surface area contributed by atoms with Gasteiger partial charge in [-0.1, -0.05) is 11.6 Å². The minimum absolute atomic E-state index is 0.0205. The zero-order valence-electron chi connectivity index (χ0n) is 13.3. The summed E-state index contributed by atoms with van der Waals surface area (Å²) >= 11 is 6.20. The molecule has 2 aliphatic rings. The first-order chi connectivity index (χ1) is 11.2. The first-order valence-corrected chi connectivity index (χ1v) is 10.3. The van der Waals surface area contributed by atoms with Gasteiger partial charge in [-0.25, -0.2) is 13.1 Å². The van der Waals surface area contributed by atoms with Gasteiger partial charge in [0.1, 0.15) is 0 Å². The fraction of sp³-hybridized carbons (Fsp3) is 0.562. The smallest absolute Gasteiger partial charge is 0.208 e. The number of sulfonamides is 1. The van der Waals surface area contributed by atoms with Gasteiger partial charge in [0.2, 0.25) is 10.0 Å². The summed E-state index contributed by atoms with van der Waals surface area (Å²) in [7, 11) is -3.19. The van der Waals surface area contributed by atoms with Crippen LogP contribution in [0.1, 0.15) is 31.2 Å². The van der Waals surface area contributed by atoms with Crippen molar-refractivity contribution >= 4 is 32.5 Å². The molecule has 0 radical (unpaired) electrons. The van der Waals surface area contributed by atoms with E-state index in [-0.39, 0.29) is 6.04 Å². The predicted octanol–water partition coefficient (Wildman–Crippen LogP) is 2.14. The van der Waals surface area contributed by atoms with E-state index in [4.69, 9.17) is 11.6 Å². The molecule has 1 unspecified atom stereocenters. The fourth-order valence-corrected chi connectivity index (χ4v) is 5.70. The van der Waals surface area contributed by atoms with Gasteiger partial charge in [-0.2, -0.15) is 5.10 Å². The Morgan fingerprint density at radius 3 is 2.62 bits per heavy atom. The second-order valence-corrected chi connectivity index (χ2v) is 9.52. The van der Waals surface area contributed by atoms with Crippen LogP contribution in [0.3, 0.4) is 0 Å². The lowest BCUT2D eigenvalue weighted by molar-refractivity contribution is 0.0360. The van der Waals surface area contributed by atoms with E-state index in [0.29, 0.717) is 29.7 Å². The molecule has 1 aromatic carbocycles. The van der Waals surface area contributed by atoms with E-state index < -0.39 is 15.6 Å². The van der Waals surface area contributed by atoms with Crippen LogP contribution < -0.4 is 4.72 Å². The number of aromatic amines is 1. The van der Waals surface area contributed by atoms with Crippen LogP contribution in [0.2, 0.25) is 5.02 Å². The Hall–Kier alpha value is -1.15. The zero-order valence-corrected chi connectivity index (χ0v) is 14.9. The standard InChI is InChI=1S/C16H20ClN3O3S/c1-24(22,23)20-12-2-9-6-16(21,7-10(9)3-12)14-4-11(17)5-15-13(14)8-18-19-15/h4-5,8-10,12,20-21H,2-3,6-7H2,1H3,(H,18,19)/t9-,10+,12?,16+. The van der Waals surface area contributed by atoms with Gasteiger partial charge in [-0.3, -0.25) is 5.10 Å². The first kappa shape index (κ1) is 16.3. The quantitative estimate of drug-likeness (QED) is 0.772. The Morgan fingerprint density at radius 1 is 1.33 bits per heavy atom. The Bertz CT molecular complexity index is 881. The van der Waals surface area contributed by atoms with Crippen molar-refractivity contribution in [2.45, 2.75) is 37.3 Å². The number of fused-ring (bicyclic) bond motifs is 2. The van der Waals surface area contributed by atoms with Gasteiger partial charge >= 0.3 is 0 Å². The monoisotopic (exact) mass is 369 g/mol. The van der Waals surface area contributed by atoms with Crippen molar-refractivity contribution in [2.24, 2.45) is 11.8 Å². The van der Waals surface area contributed by atoms with Crippen LogP contribution >= 0.6 is 11.6 Å². The van der Waals surface area contributed by atoms with Gasteiger partial charge in [-0.05, 0) is 55.2 Å². The van der Waals surface area contributed by atoms with Gasteiger partial charge < -0.3 is 5.11 Å². The molecule has 6 nitrogen and oxygen atoms in total. The average molecular weight is 370 g/mol. The summed E-state index contributed by atoms with van der Waals surface area (Å²) in [5.74, 6) is 0.630. The molecule has 2 saturated carbocycles. The molecule has 2 aliphatic carbocycles. The molecule has 1 heterocycles. The summed E-state index contributed by atoms with van der Waals surface area (Å²) in [6, 6.07) is 3.61. The van der Waals surface area contributed by atoms with Crippen molar-refractivity contribution in [3.8, 4) is 0 Å². The third-order valence-electron chi connectivity index (χ3n) is 5.45. The second-order valence-electron chi connectivity index (χ2n) is 7.30. The van der Waals surface area contributed by atoms with Crippen LogP contribution in [-0.2, 0) is 15.6 Å². The maximum Gasteiger partial charge on any atom is 0.208 e. The van der Waals surface area contributed by atoms with E-state index in [1.807, 2.05) is 6.07 Å². The molecule has 0 spiro atoms. The number of H-pyrrole nitrogens is 1. The number of aromatic nitrogens is 2. The predicted molar refractivity (Wildman–Crippen MR) is 92.2 cm³/mol. The molecule has 3 N–H and O–H groups in total. The number of rotatable bonds is 3. The van der Waals surface area contributed by atoms with E-state index in [1.54, 1.807) is 12.3 Å². The van der Waals surface area contributed by atoms with Crippen molar-refractivity contribution in [1.29, 1.82) is 0 Å². The number of aliphatic hydroxyl groups is 1. The summed E-state index contributed by atoms with van der Waals surface area (Å²) in [5, 5.41) is 19.7. The summed E-state index contributed by atoms with van der Waals surface area (Å²) < 4.78 is 25.6. The maximum atomic E-state index is 11.4. The van der Waals surface area contributed by atoms with E-state index in [9.17, 15) is 13.5 Å². The molecule has 0 bridgehead atoms. The number of hydrogen-bond donors (Lipinski definition) is 3. The third-order valence-corrected chi connectivity index (χ3v) is 6.43. The lowest BCUT2D eigenvalue weighted by Gasteiger charge is -2.26. The molecule has 2 fully saturated rings. The van der Waals surface area contributed by atoms with Crippen LogP contribution in [0, 0.1) is 11.8 Å². The van der Waals surface area contributed by atoms with E-state index in [1.165, 1.54) is 6.26 Å². The van der Waals surface area contributed by atoms with Gasteiger partial charge in [-0.15, -0.1) is 0 Å². The molecule has 2 aromatic rings. The van der Waals surface area contributed by atoms with Crippen LogP contribution in [0.4, 0.5) is 0 Å². The van der Waals surface area contributed by atoms with Crippen molar-refractivity contribution in [3.63, 3.8) is 0 Å². The molecule has 4 rings (SSSR count). The highest BCUT2D eigenvalue weighted by atomic mass is 35.5. The van der Waals surface area contributed by atoms with Crippen LogP contribution in [0.25, 0.3) is 10.9 Å². The highest BCUT2D eigenvalue weighted by molar-refractivity contribution is 7.88. The van der Waals surface area contributed by atoms with Gasteiger partial charge in [0.15, 0.2) is 0 Å². The molecule has 0 aliphatic heterocycles. The number of nitrogens with zero attached hydrogens (tertiary/aromatic N) is 1.